The molecule has 2 aromatic rings. The van der Waals surface area contributed by atoms with Crippen LogP contribution >= 0.6 is 24.0 Å². The van der Waals surface area contributed by atoms with Crippen LogP contribution in [0.25, 0.3) is 0 Å². The molecule has 0 atom stereocenters. The van der Waals surface area contributed by atoms with Gasteiger partial charge in [0.15, 0.2) is 11.8 Å². The van der Waals surface area contributed by atoms with Gasteiger partial charge < -0.3 is 19.5 Å². The molecule has 150 valence electrons. The predicted molar refractivity (Wildman–Crippen MR) is 110 cm³/mol. The maximum atomic E-state index is 12.2. The summed E-state index contributed by atoms with van der Waals surface area (Å²) >= 11 is 0. The van der Waals surface area contributed by atoms with Crippen molar-refractivity contribution in [3.8, 4) is 5.75 Å². The number of nitrogens with zero attached hydrogens (tertiary/aromatic N) is 5. The predicted octanol–water partition coefficient (Wildman–Crippen LogP) is 3.11. The van der Waals surface area contributed by atoms with Crippen LogP contribution in [-0.4, -0.2) is 45.8 Å². The van der Waals surface area contributed by atoms with Crippen molar-refractivity contribution in [1.29, 1.82) is 0 Å². The van der Waals surface area contributed by atoms with Crippen molar-refractivity contribution in [1.82, 2.24) is 25.0 Å². The van der Waals surface area contributed by atoms with Crippen LogP contribution in [0.15, 0.2) is 35.6 Å². The van der Waals surface area contributed by atoms with Crippen molar-refractivity contribution < 1.29 is 13.5 Å². The van der Waals surface area contributed by atoms with Crippen LogP contribution in [0.5, 0.6) is 5.75 Å². The fourth-order valence-electron chi connectivity index (χ4n) is 2.41. The van der Waals surface area contributed by atoms with Gasteiger partial charge in [-0.15, -0.1) is 34.2 Å². The Balaban J connectivity index is 0.00000364. The SMILES string of the molecule is CCNC(=NCc1nncn1CC)N(C)Cc1ccc(OC(F)F)cc1.I. The van der Waals surface area contributed by atoms with Gasteiger partial charge in [0, 0.05) is 26.7 Å². The molecular formula is C17H25F2IN6O. The quantitative estimate of drug-likeness (QED) is 0.347. The lowest BCUT2D eigenvalue weighted by molar-refractivity contribution is -0.0498. The molecule has 0 aliphatic rings. The molecule has 0 spiro atoms. The van der Waals surface area contributed by atoms with Crippen LogP contribution in [0.1, 0.15) is 25.2 Å². The Labute approximate surface area is 174 Å². The summed E-state index contributed by atoms with van der Waals surface area (Å²) in [6.07, 6.45) is 1.69. The van der Waals surface area contributed by atoms with E-state index in [0.29, 0.717) is 13.1 Å². The number of rotatable bonds is 8. The van der Waals surface area contributed by atoms with Gasteiger partial charge in [0.1, 0.15) is 18.6 Å². The van der Waals surface area contributed by atoms with Gasteiger partial charge in [-0.3, -0.25) is 0 Å². The number of alkyl halides is 2. The van der Waals surface area contributed by atoms with Gasteiger partial charge in [0.05, 0.1) is 0 Å². The number of aryl methyl sites for hydroxylation is 1. The normalized spacial score (nSPS) is 11.3. The topological polar surface area (TPSA) is 67.6 Å². The Bertz CT molecular complexity index is 708. The number of aliphatic imine (C=N–C) groups is 1. The molecule has 0 amide bonds. The van der Waals surface area contributed by atoms with Crippen LogP contribution in [0, 0.1) is 0 Å². The Morgan fingerprint density at radius 2 is 2.00 bits per heavy atom. The van der Waals surface area contributed by atoms with Gasteiger partial charge in [0.2, 0.25) is 0 Å². The smallest absolute Gasteiger partial charge is 0.387 e. The molecule has 0 radical (unpaired) electrons. The number of hydrogen-bond donors (Lipinski definition) is 1. The second-order valence-corrected chi connectivity index (χ2v) is 5.58. The summed E-state index contributed by atoms with van der Waals surface area (Å²) < 4.78 is 30.7. The summed E-state index contributed by atoms with van der Waals surface area (Å²) in [5.41, 5.74) is 0.955. The van der Waals surface area contributed by atoms with Crippen molar-refractivity contribution in [2.75, 3.05) is 13.6 Å². The summed E-state index contributed by atoms with van der Waals surface area (Å²) in [6.45, 7) is 3.70. The standard InChI is InChI=1S/C17H24F2N6O.HI/c1-4-20-17(21-10-15-23-22-12-25(15)5-2)24(3)11-13-6-8-14(9-7-13)26-16(18)19;/h6-9,12,16H,4-5,10-11H2,1-3H3,(H,20,21);1H. The number of ether oxygens (including phenoxy) is 1. The average Bonchev–Trinajstić information content (AvgIpc) is 3.07. The van der Waals surface area contributed by atoms with E-state index in [4.69, 9.17) is 0 Å². The Hall–Kier alpha value is -1.98. The van der Waals surface area contributed by atoms with E-state index in [0.717, 1.165) is 30.4 Å². The van der Waals surface area contributed by atoms with Crippen molar-refractivity contribution in [3.05, 3.63) is 42.0 Å². The zero-order valence-electron chi connectivity index (χ0n) is 15.6. The fraction of sp³-hybridized carbons (Fsp3) is 0.471. The van der Waals surface area contributed by atoms with E-state index in [-0.39, 0.29) is 29.7 Å². The molecule has 2 rings (SSSR count). The van der Waals surface area contributed by atoms with Gasteiger partial charge in [0.25, 0.3) is 0 Å². The van der Waals surface area contributed by atoms with E-state index < -0.39 is 6.61 Å². The summed E-state index contributed by atoms with van der Waals surface area (Å²) in [4.78, 5) is 6.56. The summed E-state index contributed by atoms with van der Waals surface area (Å²) in [7, 11) is 1.91. The number of benzene rings is 1. The van der Waals surface area contributed by atoms with Gasteiger partial charge in [-0.25, -0.2) is 4.99 Å². The third-order valence-electron chi connectivity index (χ3n) is 3.67. The minimum absolute atomic E-state index is 0. The molecule has 27 heavy (non-hydrogen) atoms. The third kappa shape index (κ3) is 7.27. The summed E-state index contributed by atoms with van der Waals surface area (Å²) in [5.74, 6) is 1.67. The molecule has 0 fully saturated rings. The molecule has 1 heterocycles. The second kappa shape index (κ2) is 11.7. The number of aromatic nitrogens is 3. The zero-order chi connectivity index (χ0) is 18.9. The Morgan fingerprint density at radius 3 is 2.59 bits per heavy atom. The molecule has 0 aliphatic carbocycles. The first-order valence-corrected chi connectivity index (χ1v) is 8.43. The summed E-state index contributed by atoms with van der Waals surface area (Å²) in [5, 5.41) is 11.2. The lowest BCUT2D eigenvalue weighted by Gasteiger charge is -2.22. The van der Waals surface area contributed by atoms with Gasteiger partial charge in [-0.05, 0) is 31.5 Å². The lowest BCUT2D eigenvalue weighted by Crippen LogP contribution is -2.38. The van der Waals surface area contributed by atoms with Crippen molar-refractivity contribution in [2.24, 2.45) is 4.99 Å². The van der Waals surface area contributed by atoms with Crippen LogP contribution < -0.4 is 10.1 Å². The highest BCUT2D eigenvalue weighted by Gasteiger charge is 2.09. The minimum Gasteiger partial charge on any atom is -0.435 e. The highest BCUT2D eigenvalue weighted by Crippen LogP contribution is 2.15. The van der Waals surface area contributed by atoms with Crippen LogP contribution in [0.3, 0.4) is 0 Å². The van der Waals surface area contributed by atoms with E-state index in [1.807, 2.05) is 30.4 Å². The van der Waals surface area contributed by atoms with Crippen molar-refractivity contribution in [2.45, 2.75) is 40.1 Å². The molecule has 0 aliphatic heterocycles. The molecule has 1 N–H and O–H groups in total. The molecule has 0 saturated carbocycles. The van der Waals surface area contributed by atoms with E-state index in [9.17, 15) is 8.78 Å². The van der Waals surface area contributed by atoms with Crippen molar-refractivity contribution in [3.63, 3.8) is 0 Å². The monoisotopic (exact) mass is 494 g/mol. The lowest BCUT2D eigenvalue weighted by atomic mass is 10.2. The van der Waals surface area contributed by atoms with Crippen LogP contribution in [0.2, 0.25) is 0 Å². The average molecular weight is 494 g/mol. The summed E-state index contributed by atoms with van der Waals surface area (Å²) in [6, 6.07) is 6.57. The molecule has 1 aromatic heterocycles. The van der Waals surface area contributed by atoms with Gasteiger partial charge in [-0.2, -0.15) is 8.78 Å². The molecule has 7 nitrogen and oxygen atoms in total. The molecule has 0 saturated heterocycles. The maximum absolute atomic E-state index is 12.2. The first-order chi connectivity index (χ1) is 12.5. The Morgan fingerprint density at radius 1 is 1.30 bits per heavy atom. The highest BCUT2D eigenvalue weighted by atomic mass is 127. The zero-order valence-corrected chi connectivity index (χ0v) is 17.9. The minimum atomic E-state index is -2.82. The van der Waals surface area contributed by atoms with E-state index in [1.165, 1.54) is 12.1 Å². The number of guanidine groups is 1. The van der Waals surface area contributed by atoms with Crippen LogP contribution in [0.4, 0.5) is 8.78 Å². The number of hydrogen-bond acceptors (Lipinski definition) is 4. The van der Waals surface area contributed by atoms with E-state index in [2.05, 4.69) is 25.2 Å². The third-order valence-corrected chi connectivity index (χ3v) is 3.67. The first-order valence-electron chi connectivity index (χ1n) is 8.43. The molecule has 0 bridgehead atoms. The largest absolute Gasteiger partial charge is 0.435 e. The number of nitrogens with one attached hydrogen (secondary N) is 1. The molecular weight excluding hydrogens is 469 g/mol. The first kappa shape index (κ1) is 23.1. The van der Waals surface area contributed by atoms with Crippen molar-refractivity contribution >= 4 is 29.9 Å². The Kier molecular flexibility index (Phi) is 9.97. The van der Waals surface area contributed by atoms with Gasteiger partial charge in [-0.1, -0.05) is 12.1 Å². The molecule has 0 unspecified atom stereocenters. The highest BCUT2D eigenvalue weighted by molar-refractivity contribution is 14.0. The molecule has 1 aromatic carbocycles. The van der Waals surface area contributed by atoms with E-state index in [1.54, 1.807) is 18.5 Å². The fourth-order valence-corrected chi connectivity index (χ4v) is 2.41. The van der Waals surface area contributed by atoms with Gasteiger partial charge >= 0.3 is 6.61 Å². The second-order valence-electron chi connectivity index (χ2n) is 5.58. The number of halogens is 3. The maximum Gasteiger partial charge on any atom is 0.387 e. The molecule has 10 heteroatoms. The van der Waals surface area contributed by atoms with E-state index >= 15 is 0 Å². The van der Waals surface area contributed by atoms with Crippen LogP contribution in [-0.2, 0) is 19.6 Å².